The summed E-state index contributed by atoms with van der Waals surface area (Å²) in [5.74, 6) is 6.43. The van der Waals surface area contributed by atoms with Crippen molar-refractivity contribution in [3.8, 4) is 17.9 Å². The number of aryl methyl sites for hydroxylation is 1. The molecule has 1 atom stereocenters. The first-order valence-corrected chi connectivity index (χ1v) is 8.54. The van der Waals surface area contributed by atoms with Crippen LogP contribution < -0.4 is 21.9 Å². The van der Waals surface area contributed by atoms with Gasteiger partial charge in [0.1, 0.15) is 23.0 Å². The fraction of sp³-hybridized carbons (Fsp3) is 0.500. The summed E-state index contributed by atoms with van der Waals surface area (Å²) in [6.07, 6.45) is 1.83. The molecule has 0 spiro atoms. The zero-order valence-corrected chi connectivity index (χ0v) is 15.2. The van der Waals surface area contributed by atoms with Gasteiger partial charge in [-0.25, -0.2) is 4.79 Å². The van der Waals surface area contributed by atoms with Gasteiger partial charge < -0.3 is 15.2 Å². The van der Waals surface area contributed by atoms with Gasteiger partial charge in [0.2, 0.25) is 0 Å². The Hall–Kier alpha value is -2.97. The summed E-state index contributed by atoms with van der Waals surface area (Å²) in [5, 5.41) is 9.85. The van der Waals surface area contributed by atoms with Crippen LogP contribution in [0, 0.1) is 23.2 Å². The molecule has 0 bridgehead atoms. The summed E-state index contributed by atoms with van der Waals surface area (Å²) in [6, 6.07) is 2.21. The largest absolute Gasteiger partial charge is 0.355 e. The van der Waals surface area contributed by atoms with Crippen LogP contribution in [0.5, 0.6) is 0 Å². The minimum atomic E-state index is -0.459. The van der Waals surface area contributed by atoms with Gasteiger partial charge in [-0.3, -0.25) is 13.9 Å². The van der Waals surface area contributed by atoms with Gasteiger partial charge in [-0.1, -0.05) is 5.92 Å². The second-order valence-electron chi connectivity index (χ2n) is 6.57. The maximum absolute atomic E-state index is 12.8. The highest BCUT2D eigenvalue weighted by molar-refractivity contribution is 5.90. The van der Waals surface area contributed by atoms with Crippen molar-refractivity contribution >= 4 is 16.9 Å². The quantitative estimate of drug-likeness (QED) is 0.757. The van der Waals surface area contributed by atoms with Crippen molar-refractivity contribution in [1.82, 2.24) is 13.7 Å². The average Bonchev–Trinajstić information content (AvgIpc) is 2.97. The summed E-state index contributed by atoms with van der Waals surface area (Å²) in [5.41, 5.74) is 6.24. The molecule has 8 nitrogen and oxygen atoms in total. The molecule has 2 N–H and O–H groups in total. The molecule has 0 unspecified atom stereocenters. The predicted molar refractivity (Wildman–Crippen MR) is 100 cm³/mol. The van der Waals surface area contributed by atoms with Crippen molar-refractivity contribution in [2.75, 3.05) is 18.0 Å². The molecule has 2 aromatic rings. The Labute approximate surface area is 151 Å². The molecule has 1 saturated heterocycles. The molecule has 3 rings (SSSR count). The SMILES string of the molecule is CC#CCn1c(N2CCC[C@H](N)C2)c(C#N)c2c1c(=O)n(C)c(=O)n2C. The van der Waals surface area contributed by atoms with E-state index in [-0.39, 0.29) is 12.6 Å². The zero-order valence-electron chi connectivity index (χ0n) is 15.2. The maximum Gasteiger partial charge on any atom is 0.331 e. The van der Waals surface area contributed by atoms with Gasteiger partial charge in [0.25, 0.3) is 5.56 Å². The van der Waals surface area contributed by atoms with Crippen molar-refractivity contribution in [3.05, 3.63) is 26.4 Å². The Bertz CT molecular complexity index is 1090. The third-order valence-electron chi connectivity index (χ3n) is 4.91. The first-order chi connectivity index (χ1) is 12.4. The lowest BCUT2D eigenvalue weighted by molar-refractivity contribution is 0.499. The van der Waals surface area contributed by atoms with E-state index in [4.69, 9.17) is 5.73 Å². The second kappa shape index (κ2) is 6.74. The van der Waals surface area contributed by atoms with Crippen molar-refractivity contribution < 1.29 is 0 Å². The Balaban J connectivity index is 2.45. The number of fused-ring (bicyclic) bond motifs is 1. The van der Waals surface area contributed by atoms with Crippen molar-refractivity contribution in [3.63, 3.8) is 0 Å². The molecule has 0 radical (unpaired) electrons. The highest BCUT2D eigenvalue weighted by Gasteiger charge is 2.29. The fourth-order valence-corrected chi connectivity index (χ4v) is 3.65. The van der Waals surface area contributed by atoms with E-state index in [0.29, 0.717) is 29.0 Å². The van der Waals surface area contributed by atoms with E-state index in [1.807, 2.05) is 4.90 Å². The number of nitriles is 1. The van der Waals surface area contributed by atoms with E-state index in [1.165, 1.54) is 11.6 Å². The molecule has 1 aliphatic heterocycles. The van der Waals surface area contributed by atoms with E-state index in [2.05, 4.69) is 17.9 Å². The van der Waals surface area contributed by atoms with E-state index in [0.717, 1.165) is 24.0 Å². The van der Waals surface area contributed by atoms with E-state index >= 15 is 0 Å². The van der Waals surface area contributed by atoms with Gasteiger partial charge >= 0.3 is 5.69 Å². The zero-order chi connectivity index (χ0) is 19.0. The first-order valence-electron chi connectivity index (χ1n) is 8.54. The molecular weight excluding hydrogens is 332 g/mol. The minimum Gasteiger partial charge on any atom is -0.355 e. The van der Waals surface area contributed by atoms with Gasteiger partial charge in [-0.05, 0) is 19.8 Å². The Morgan fingerprint density at radius 2 is 1.96 bits per heavy atom. The van der Waals surface area contributed by atoms with E-state index < -0.39 is 11.2 Å². The lowest BCUT2D eigenvalue weighted by Gasteiger charge is -2.33. The number of hydrogen-bond acceptors (Lipinski definition) is 5. The molecule has 0 aliphatic carbocycles. The van der Waals surface area contributed by atoms with Crippen LogP contribution >= 0.6 is 0 Å². The summed E-state index contributed by atoms with van der Waals surface area (Å²) in [7, 11) is 3.02. The number of nitrogens with zero attached hydrogens (tertiary/aromatic N) is 5. The molecule has 0 aromatic carbocycles. The molecule has 1 fully saturated rings. The number of aromatic nitrogens is 3. The fourth-order valence-electron chi connectivity index (χ4n) is 3.65. The minimum absolute atomic E-state index is 0.00525. The summed E-state index contributed by atoms with van der Waals surface area (Å²) in [6.45, 7) is 3.33. The Morgan fingerprint density at radius 3 is 2.58 bits per heavy atom. The van der Waals surface area contributed by atoms with Gasteiger partial charge in [0.05, 0.1) is 12.1 Å². The summed E-state index contributed by atoms with van der Waals surface area (Å²) in [4.78, 5) is 27.3. The van der Waals surface area contributed by atoms with Crippen LogP contribution in [0.2, 0.25) is 0 Å². The third kappa shape index (κ3) is 2.59. The highest BCUT2D eigenvalue weighted by Crippen LogP contribution is 2.31. The second-order valence-corrected chi connectivity index (χ2v) is 6.57. The number of piperidine rings is 1. The van der Waals surface area contributed by atoms with E-state index in [9.17, 15) is 14.9 Å². The lowest BCUT2D eigenvalue weighted by atomic mass is 10.1. The molecule has 2 aromatic heterocycles. The van der Waals surface area contributed by atoms with Crippen molar-refractivity contribution in [1.29, 1.82) is 5.26 Å². The monoisotopic (exact) mass is 354 g/mol. The lowest BCUT2D eigenvalue weighted by Crippen LogP contribution is -2.44. The smallest absolute Gasteiger partial charge is 0.331 e. The van der Waals surface area contributed by atoms with Crippen LogP contribution in [-0.4, -0.2) is 32.8 Å². The van der Waals surface area contributed by atoms with Gasteiger partial charge in [0.15, 0.2) is 0 Å². The van der Waals surface area contributed by atoms with Crippen LogP contribution in [-0.2, 0) is 20.6 Å². The number of rotatable bonds is 2. The Kier molecular flexibility index (Phi) is 4.62. The van der Waals surface area contributed by atoms with Crippen molar-refractivity contribution in [2.24, 2.45) is 19.8 Å². The van der Waals surface area contributed by atoms with Gasteiger partial charge in [-0.15, -0.1) is 5.92 Å². The normalized spacial score (nSPS) is 17.0. The van der Waals surface area contributed by atoms with Crippen LogP contribution in [0.4, 0.5) is 5.82 Å². The first kappa shape index (κ1) is 17.8. The molecule has 26 heavy (non-hydrogen) atoms. The van der Waals surface area contributed by atoms with Crippen LogP contribution in [0.1, 0.15) is 25.3 Å². The standard InChI is InChI=1S/C18H22N6O2/c1-4-5-9-24-15-14(21(2)18(26)22(3)17(15)25)13(10-19)16(24)23-8-6-7-12(20)11-23/h12H,6-9,11,20H2,1-3H3/t12-/m0/s1. The highest BCUT2D eigenvalue weighted by atomic mass is 16.2. The topological polar surface area (TPSA) is 102 Å². The van der Waals surface area contributed by atoms with Crippen LogP contribution in [0.15, 0.2) is 9.59 Å². The number of hydrogen-bond donors (Lipinski definition) is 1. The summed E-state index contributed by atoms with van der Waals surface area (Å²) < 4.78 is 4.17. The van der Waals surface area contributed by atoms with Gasteiger partial charge in [0, 0.05) is 33.2 Å². The van der Waals surface area contributed by atoms with Crippen molar-refractivity contribution in [2.45, 2.75) is 32.4 Å². The predicted octanol–water partition coefficient (Wildman–Crippen LogP) is -0.139. The maximum atomic E-state index is 12.8. The third-order valence-corrected chi connectivity index (χ3v) is 4.91. The molecule has 0 saturated carbocycles. The molecule has 8 heteroatoms. The molecule has 1 aliphatic rings. The Morgan fingerprint density at radius 1 is 1.23 bits per heavy atom. The molecule has 0 amide bonds. The van der Waals surface area contributed by atoms with E-state index in [1.54, 1.807) is 18.5 Å². The summed E-state index contributed by atoms with van der Waals surface area (Å²) >= 11 is 0. The molecule has 136 valence electrons. The molecule has 3 heterocycles. The average molecular weight is 354 g/mol. The van der Waals surface area contributed by atoms with Crippen LogP contribution in [0.25, 0.3) is 11.0 Å². The molecular formula is C18H22N6O2. The van der Waals surface area contributed by atoms with Crippen LogP contribution in [0.3, 0.4) is 0 Å². The number of nitrogens with two attached hydrogens (primary N) is 1. The van der Waals surface area contributed by atoms with Gasteiger partial charge in [-0.2, -0.15) is 5.26 Å². The number of anilines is 1.